The zero-order valence-corrected chi connectivity index (χ0v) is 17.8. The first kappa shape index (κ1) is 20.8. The normalized spacial score (nSPS) is 19.6. The van der Waals surface area contributed by atoms with Crippen LogP contribution in [0.1, 0.15) is 33.6 Å². The van der Waals surface area contributed by atoms with E-state index in [1.165, 1.54) is 17.0 Å². The maximum absolute atomic E-state index is 12.8. The van der Waals surface area contributed by atoms with Crippen LogP contribution >= 0.6 is 0 Å². The Kier molecular flexibility index (Phi) is 5.34. The van der Waals surface area contributed by atoms with E-state index in [0.717, 1.165) is 10.8 Å². The van der Waals surface area contributed by atoms with Crippen LogP contribution in [-0.2, 0) is 14.3 Å². The van der Waals surface area contributed by atoms with Crippen molar-refractivity contribution in [3.63, 3.8) is 0 Å². The molecule has 0 bridgehead atoms. The molecule has 0 unspecified atom stereocenters. The second-order valence-electron chi connectivity index (χ2n) is 8.24. The largest absolute Gasteiger partial charge is 0.454 e. The molecule has 2 aliphatic rings. The highest BCUT2D eigenvalue weighted by Gasteiger charge is 2.47. The van der Waals surface area contributed by atoms with Crippen molar-refractivity contribution in [1.29, 1.82) is 0 Å². The number of esters is 1. The fraction of sp³-hybridized carbons (Fsp3) is 0.185. The predicted octanol–water partition coefficient (Wildman–Crippen LogP) is 4.34. The van der Waals surface area contributed by atoms with Gasteiger partial charge in [0.2, 0.25) is 17.6 Å². The number of Topliss-reactive ketones (excluding diaryl/α,β-unsaturated/α-hetero) is 1. The zero-order valence-electron chi connectivity index (χ0n) is 17.8. The molecule has 0 spiro atoms. The predicted molar refractivity (Wildman–Crippen MR) is 123 cm³/mol. The quantitative estimate of drug-likeness (QED) is 0.256. The number of anilines is 1. The number of benzene rings is 3. The fourth-order valence-corrected chi connectivity index (χ4v) is 4.59. The lowest BCUT2D eigenvalue weighted by Crippen LogP contribution is -2.31. The number of ketones is 1. The van der Waals surface area contributed by atoms with E-state index in [4.69, 9.17) is 4.74 Å². The van der Waals surface area contributed by atoms with Crippen molar-refractivity contribution < 1.29 is 23.9 Å². The van der Waals surface area contributed by atoms with Crippen LogP contribution in [0.3, 0.4) is 0 Å². The van der Waals surface area contributed by atoms with Crippen LogP contribution in [-0.4, -0.2) is 30.2 Å². The van der Waals surface area contributed by atoms with Gasteiger partial charge in [-0.1, -0.05) is 60.7 Å². The van der Waals surface area contributed by atoms with Gasteiger partial charge in [-0.2, -0.15) is 0 Å². The molecule has 2 amide bonds. The van der Waals surface area contributed by atoms with E-state index in [0.29, 0.717) is 24.1 Å². The molecule has 1 saturated heterocycles. The van der Waals surface area contributed by atoms with Gasteiger partial charge in [-0.25, -0.2) is 4.79 Å². The van der Waals surface area contributed by atoms with E-state index in [1.807, 2.05) is 42.5 Å². The van der Waals surface area contributed by atoms with Crippen molar-refractivity contribution in [1.82, 2.24) is 0 Å². The van der Waals surface area contributed by atoms with Crippen LogP contribution in [0.4, 0.5) is 5.69 Å². The first-order valence-corrected chi connectivity index (χ1v) is 10.9. The standard InChI is InChI=1S/C27H21NO5/c29-24(21-14-6-8-17-7-1-2-11-20(17)21)16-33-27(32)18-9-5-10-19(15-18)28-25(30)22-12-3-4-13-23(22)26(28)31/h1-11,14-15,22-23H,12-13,16H2/t22-,23+. The van der Waals surface area contributed by atoms with Gasteiger partial charge >= 0.3 is 5.97 Å². The third-order valence-electron chi connectivity index (χ3n) is 6.27. The van der Waals surface area contributed by atoms with E-state index in [-0.39, 0.29) is 35.0 Å². The molecule has 3 aromatic carbocycles. The molecule has 2 atom stereocenters. The summed E-state index contributed by atoms with van der Waals surface area (Å²) in [5.41, 5.74) is 1.00. The van der Waals surface area contributed by atoms with Crippen LogP contribution in [0.25, 0.3) is 10.8 Å². The lowest BCUT2D eigenvalue weighted by Gasteiger charge is -2.15. The summed E-state index contributed by atoms with van der Waals surface area (Å²) in [6, 6.07) is 19.1. The summed E-state index contributed by atoms with van der Waals surface area (Å²) in [6.07, 6.45) is 4.95. The monoisotopic (exact) mass is 439 g/mol. The van der Waals surface area contributed by atoms with Gasteiger partial charge in [-0.3, -0.25) is 19.3 Å². The van der Waals surface area contributed by atoms with Crippen molar-refractivity contribution in [2.45, 2.75) is 12.8 Å². The van der Waals surface area contributed by atoms with Crippen molar-refractivity contribution in [2.24, 2.45) is 11.8 Å². The van der Waals surface area contributed by atoms with Gasteiger partial charge in [0.1, 0.15) is 0 Å². The molecule has 0 aromatic heterocycles. The topological polar surface area (TPSA) is 80.8 Å². The van der Waals surface area contributed by atoms with Gasteiger partial charge < -0.3 is 4.74 Å². The van der Waals surface area contributed by atoms with Gasteiger partial charge in [0, 0.05) is 5.56 Å². The van der Waals surface area contributed by atoms with E-state index in [9.17, 15) is 19.2 Å². The number of hydrogen-bond acceptors (Lipinski definition) is 5. The molecule has 1 aliphatic carbocycles. The Hall–Kier alpha value is -4.06. The highest BCUT2D eigenvalue weighted by molar-refractivity contribution is 6.22. The Morgan fingerprint density at radius 3 is 2.27 bits per heavy atom. The molecule has 1 fully saturated rings. The van der Waals surface area contributed by atoms with Crippen LogP contribution in [0.15, 0.2) is 78.9 Å². The Balaban J connectivity index is 1.31. The number of amides is 2. The van der Waals surface area contributed by atoms with Crippen LogP contribution in [0, 0.1) is 11.8 Å². The molecule has 0 radical (unpaired) electrons. The smallest absolute Gasteiger partial charge is 0.338 e. The Morgan fingerprint density at radius 2 is 1.52 bits per heavy atom. The number of carbonyl (C=O) groups excluding carboxylic acids is 4. The molecular weight excluding hydrogens is 418 g/mol. The average molecular weight is 439 g/mol. The van der Waals surface area contributed by atoms with Gasteiger partial charge in [-0.05, 0) is 41.8 Å². The molecule has 6 heteroatoms. The molecule has 6 nitrogen and oxygen atoms in total. The minimum absolute atomic E-state index is 0.173. The summed E-state index contributed by atoms with van der Waals surface area (Å²) in [6.45, 7) is -0.408. The summed E-state index contributed by atoms with van der Waals surface area (Å²) < 4.78 is 5.27. The molecule has 0 saturated carbocycles. The molecular formula is C27H21NO5. The molecule has 0 N–H and O–H groups in total. The maximum Gasteiger partial charge on any atom is 0.338 e. The SMILES string of the molecule is O=C(OCC(=O)c1cccc2ccccc12)c1cccc(N2C(=O)[C@H]3CC=CC[C@H]3C2=O)c1. The summed E-state index contributed by atoms with van der Waals surface area (Å²) in [7, 11) is 0. The minimum Gasteiger partial charge on any atom is -0.454 e. The Labute approximate surface area is 190 Å². The van der Waals surface area contributed by atoms with Crippen molar-refractivity contribution >= 4 is 40.0 Å². The molecule has 164 valence electrons. The van der Waals surface area contributed by atoms with Gasteiger partial charge in [0.25, 0.3) is 0 Å². The number of nitrogens with zero attached hydrogens (tertiary/aromatic N) is 1. The van der Waals surface area contributed by atoms with E-state index in [2.05, 4.69) is 0 Å². The fourth-order valence-electron chi connectivity index (χ4n) is 4.59. The van der Waals surface area contributed by atoms with Crippen molar-refractivity contribution in [3.8, 4) is 0 Å². The van der Waals surface area contributed by atoms with Crippen LogP contribution in [0.2, 0.25) is 0 Å². The third-order valence-corrected chi connectivity index (χ3v) is 6.27. The minimum atomic E-state index is -0.691. The summed E-state index contributed by atoms with van der Waals surface area (Å²) in [5.74, 6) is -2.19. The average Bonchev–Trinajstić information content (AvgIpc) is 3.12. The lowest BCUT2D eigenvalue weighted by molar-refractivity contribution is -0.122. The number of ether oxygens (including phenoxy) is 1. The van der Waals surface area contributed by atoms with E-state index < -0.39 is 12.6 Å². The second-order valence-corrected chi connectivity index (χ2v) is 8.24. The Morgan fingerprint density at radius 1 is 0.848 bits per heavy atom. The van der Waals surface area contributed by atoms with Crippen molar-refractivity contribution in [3.05, 3.63) is 90.0 Å². The first-order valence-electron chi connectivity index (χ1n) is 10.9. The number of imide groups is 1. The zero-order chi connectivity index (χ0) is 22.9. The third kappa shape index (κ3) is 3.74. The summed E-state index contributed by atoms with van der Waals surface area (Å²) in [4.78, 5) is 52.2. The molecule has 33 heavy (non-hydrogen) atoms. The maximum atomic E-state index is 12.8. The Bertz CT molecular complexity index is 1290. The molecule has 1 aliphatic heterocycles. The second kappa shape index (κ2) is 8.47. The summed E-state index contributed by atoms with van der Waals surface area (Å²) in [5, 5.41) is 1.73. The molecule has 3 aromatic rings. The van der Waals surface area contributed by atoms with Gasteiger partial charge in [-0.15, -0.1) is 0 Å². The number of rotatable bonds is 5. The number of allylic oxidation sites excluding steroid dienone is 2. The highest BCUT2D eigenvalue weighted by Crippen LogP contribution is 2.37. The lowest BCUT2D eigenvalue weighted by atomic mass is 9.85. The van der Waals surface area contributed by atoms with Gasteiger partial charge in [0.05, 0.1) is 23.1 Å². The number of fused-ring (bicyclic) bond motifs is 2. The highest BCUT2D eigenvalue weighted by atomic mass is 16.5. The molecule has 1 heterocycles. The summed E-state index contributed by atoms with van der Waals surface area (Å²) >= 11 is 0. The number of hydrogen-bond donors (Lipinski definition) is 0. The molecule has 5 rings (SSSR count). The first-order chi connectivity index (χ1) is 16.0. The van der Waals surface area contributed by atoms with Crippen molar-refractivity contribution in [2.75, 3.05) is 11.5 Å². The van der Waals surface area contributed by atoms with E-state index >= 15 is 0 Å². The van der Waals surface area contributed by atoms with E-state index in [1.54, 1.807) is 24.3 Å². The van der Waals surface area contributed by atoms with Gasteiger partial charge in [0.15, 0.2) is 6.61 Å². The van der Waals surface area contributed by atoms with Crippen LogP contribution < -0.4 is 4.90 Å². The number of carbonyl (C=O) groups is 4. The van der Waals surface area contributed by atoms with Crippen LogP contribution in [0.5, 0.6) is 0 Å².